The van der Waals surface area contributed by atoms with Crippen LogP contribution < -0.4 is 9.47 Å². The first-order valence-electron chi connectivity index (χ1n) is 5.34. The van der Waals surface area contributed by atoms with E-state index in [0.717, 1.165) is 0 Å². The molecule has 1 heterocycles. The van der Waals surface area contributed by atoms with Gasteiger partial charge in [0.1, 0.15) is 5.67 Å². The molecular weight excluding hydrogens is 243 g/mol. The molecule has 0 spiro atoms. The minimum atomic E-state index is -1.78. The number of carboxylic acid groups (broad SMARTS) is 1. The fraction of sp³-hybridized carbons (Fsp3) is 0.417. The van der Waals surface area contributed by atoms with Crippen LogP contribution in [0.5, 0.6) is 11.5 Å². The van der Waals surface area contributed by atoms with Gasteiger partial charge in [0.15, 0.2) is 17.6 Å². The molecule has 1 aliphatic heterocycles. The van der Waals surface area contributed by atoms with Crippen LogP contribution >= 0.6 is 0 Å². The van der Waals surface area contributed by atoms with Crippen molar-refractivity contribution in [2.24, 2.45) is 0 Å². The summed E-state index contributed by atoms with van der Waals surface area (Å²) in [5.74, 6) is -1.03. The van der Waals surface area contributed by atoms with E-state index >= 15 is 0 Å². The van der Waals surface area contributed by atoms with Crippen LogP contribution in [0.4, 0.5) is 4.39 Å². The predicted molar refractivity (Wildman–Crippen MR) is 59.3 cm³/mol. The molecule has 0 saturated heterocycles. The first-order chi connectivity index (χ1) is 8.30. The predicted octanol–water partition coefficient (Wildman–Crippen LogP) is 1.74. The number of halogens is 1. The number of benzene rings is 1. The lowest BCUT2D eigenvalue weighted by atomic mass is 9.95. The number of aliphatic carboxylic acids is 1. The number of alkyl halides is 1. The van der Waals surface area contributed by atoms with E-state index in [4.69, 9.17) is 14.6 Å². The molecule has 18 heavy (non-hydrogen) atoms. The molecular formula is C12H13FO5. The first-order valence-corrected chi connectivity index (χ1v) is 5.34. The van der Waals surface area contributed by atoms with Crippen molar-refractivity contribution in [3.8, 4) is 11.5 Å². The van der Waals surface area contributed by atoms with Crippen LogP contribution in [0, 0.1) is 0 Å². The third kappa shape index (κ3) is 2.11. The Morgan fingerprint density at radius 1 is 1.44 bits per heavy atom. The van der Waals surface area contributed by atoms with Gasteiger partial charge in [-0.1, -0.05) is 0 Å². The third-order valence-electron chi connectivity index (χ3n) is 2.72. The fourth-order valence-corrected chi connectivity index (χ4v) is 1.72. The van der Waals surface area contributed by atoms with Crippen molar-refractivity contribution in [1.82, 2.24) is 0 Å². The molecule has 0 amide bonds. The number of hydrogen-bond acceptors (Lipinski definition) is 4. The molecule has 1 aromatic rings. The Morgan fingerprint density at radius 3 is 2.67 bits per heavy atom. The number of carbonyl (C=O) groups is 1. The third-order valence-corrected chi connectivity index (χ3v) is 2.72. The molecule has 1 atom stereocenters. The number of ether oxygens (including phenoxy) is 2. The normalized spacial score (nSPS) is 15.6. The number of aliphatic hydroxyl groups is 1. The summed E-state index contributed by atoms with van der Waals surface area (Å²) in [6, 6.07) is 2.73. The largest absolute Gasteiger partial charge is 0.479 e. The van der Waals surface area contributed by atoms with Crippen LogP contribution in [0.3, 0.4) is 0 Å². The van der Waals surface area contributed by atoms with Gasteiger partial charge in [0, 0.05) is 5.56 Å². The van der Waals surface area contributed by atoms with Gasteiger partial charge in [0.25, 0.3) is 0 Å². The molecule has 2 N–H and O–H groups in total. The van der Waals surface area contributed by atoms with Gasteiger partial charge in [-0.3, -0.25) is 0 Å². The number of aliphatic hydroxyl groups excluding tert-OH is 1. The van der Waals surface area contributed by atoms with E-state index in [0.29, 0.717) is 0 Å². The van der Waals surface area contributed by atoms with Gasteiger partial charge in [-0.15, -0.1) is 0 Å². The van der Waals surface area contributed by atoms with Crippen molar-refractivity contribution in [2.45, 2.75) is 25.6 Å². The molecule has 2 rings (SSSR count). The number of carboxylic acids is 1. The maximum atomic E-state index is 13.9. The maximum absolute atomic E-state index is 13.9. The highest BCUT2D eigenvalue weighted by atomic mass is 19.1. The zero-order valence-electron chi connectivity index (χ0n) is 9.94. The number of rotatable bonds is 3. The first kappa shape index (κ1) is 12.6. The summed E-state index contributed by atoms with van der Waals surface area (Å²) in [7, 11) is 0. The Kier molecular flexibility index (Phi) is 2.90. The maximum Gasteiger partial charge on any atom is 0.337 e. The van der Waals surface area contributed by atoms with Crippen molar-refractivity contribution in [1.29, 1.82) is 0 Å². The fourth-order valence-electron chi connectivity index (χ4n) is 1.72. The Bertz CT molecular complexity index is 492. The van der Waals surface area contributed by atoms with Gasteiger partial charge in [-0.05, 0) is 31.5 Å². The molecule has 1 unspecified atom stereocenters. The minimum absolute atomic E-state index is 0.00164. The molecule has 1 aliphatic rings. The summed E-state index contributed by atoms with van der Waals surface area (Å²) in [5.41, 5.74) is -1.45. The van der Waals surface area contributed by atoms with Gasteiger partial charge in [0.05, 0.1) is 0 Å². The summed E-state index contributed by atoms with van der Waals surface area (Å²) in [6.45, 7) is 2.59. The molecule has 0 bridgehead atoms. The zero-order chi connectivity index (χ0) is 13.5. The van der Waals surface area contributed by atoms with Crippen molar-refractivity contribution < 1.29 is 28.9 Å². The molecule has 0 radical (unpaired) electrons. The lowest BCUT2D eigenvalue weighted by molar-refractivity contribution is -0.147. The van der Waals surface area contributed by atoms with Crippen LogP contribution in [0.2, 0.25) is 0 Å². The zero-order valence-corrected chi connectivity index (χ0v) is 9.94. The van der Waals surface area contributed by atoms with Crippen LogP contribution in [0.1, 0.15) is 31.1 Å². The van der Waals surface area contributed by atoms with Crippen molar-refractivity contribution in [3.63, 3.8) is 0 Å². The van der Waals surface area contributed by atoms with Crippen molar-refractivity contribution >= 4 is 5.97 Å². The molecule has 98 valence electrons. The standard InChI is InChI=1S/C12H13FO5/c1-12(2,13)6-3-7(9(14)11(15)16)10-8(4-6)17-5-18-10/h3-4,9,14H,5H2,1-2H3,(H,15,16). The smallest absolute Gasteiger partial charge is 0.337 e. The molecule has 0 aliphatic carbocycles. The Labute approximate surface area is 103 Å². The molecule has 6 heteroatoms. The van der Waals surface area contributed by atoms with E-state index in [1.807, 2.05) is 0 Å². The molecule has 0 fully saturated rings. The summed E-state index contributed by atoms with van der Waals surface area (Å²) >= 11 is 0. The van der Waals surface area contributed by atoms with E-state index in [-0.39, 0.29) is 29.4 Å². The van der Waals surface area contributed by atoms with E-state index < -0.39 is 17.7 Å². The lowest BCUT2D eigenvalue weighted by Crippen LogP contribution is -2.14. The van der Waals surface area contributed by atoms with Gasteiger partial charge in [0.2, 0.25) is 6.79 Å². The Hall–Kier alpha value is -1.82. The summed E-state index contributed by atoms with van der Waals surface area (Å²) < 4.78 is 24.1. The van der Waals surface area contributed by atoms with Crippen LogP contribution in [-0.4, -0.2) is 23.0 Å². The summed E-state index contributed by atoms with van der Waals surface area (Å²) in [6.07, 6.45) is -1.78. The minimum Gasteiger partial charge on any atom is -0.479 e. The summed E-state index contributed by atoms with van der Waals surface area (Å²) in [4.78, 5) is 10.8. The quantitative estimate of drug-likeness (QED) is 0.861. The SMILES string of the molecule is CC(C)(F)c1cc2c(c(C(O)C(=O)O)c1)OCO2. The average molecular weight is 256 g/mol. The van der Waals surface area contributed by atoms with Crippen LogP contribution in [0.15, 0.2) is 12.1 Å². The number of hydrogen-bond donors (Lipinski definition) is 2. The van der Waals surface area contributed by atoms with Crippen molar-refractivity contribution in [2.75, 3.05) is 6.79 Å². The second kappa shape index (κ2) is 4.13. The van der Waals surface area contributed by atoms with Crippen LogP contribution in [0.25, 0.3) is 0 Å². The Morgan fingerprint density at radius 2 is 2.11 bits per heavy atom. The highest BCUT2D eigenvalue weighted by Crippen LogP contribution is 2.42. The molecule has 1 aromatic carbocycles. The van der Waals surface area contributed by atoms with E-state index in [9.17, 15) is 14.3 Å². The van der Waals surface area contributed by atoms with E-state index in [1.54, 1.807) is 0 Å². The topological polar surface area (TPSA) is 76.0 Å². The molecule has 0 saturated carbocycles. The number of fused-ring (bicyclic) bond motifs is 1. The Balaban J connectivity index is 2.57. The highest BCUT2D eigenvalue weighted by molar-refractivity contribution is 5.76. The van der Waals surface area contributed by atoms with Gasteiger partial charge < -0.3 is 19.7 Å². The van der Waals surface area contributed by atoms with Gasteiger partial charge >= 0.3 is 5.97 Å². The van der Waals surface area contributed by atoms with Gasteiger partial charge in [-0.2, -0.15) is 0 Å². The monoisotopic (exact) mass is 256 g/mol. The van der Waals surface area contributed by atoms with Gasteiger partial charge in [-0.25, -0.2) is 9.18 Å². The highest BCUT2D eigenvalue weighted by Gasteiger charge is 2.31. The van der Waals surface area contributed by atoms with Crippen LogP contribution in [-0.2, 0) is 10.5 Å². The summed E-state index contributed by atoms with van der Waals surface area (Å²) in [5, 5.41) is 18.4. The lowest BCUT2D eigenvalue weighted by Gasteiger charge is -2.18. The average Bonchev–Trinajstić information content (AvgIpc) is 2.73. The van der Waals surface area contributed by atoms with E-state index in [1.165, 1.54) is 26.0 Å². The molecule has 5 nitrogen and oxygen atoms in total. The second-order valence-corrected chi connectivity index (χ2v) is 4.51. The molecule has 0 aromatic heterocycles. The van der Waals surface area contributed by atoms with Crippen molar-refractivity contribution in [3.05, 3.63) is 23.3 Å². The van der Waals surface area contributed by atoms with E-state index in [2.05, 4.69) is 0 Å². The second-order valence-electron chi connectivity index (χ2n) is 4.51.